The van der Waals surface area contributed by atoms with Crippen molar-refractivity contribution < 1.29 is 14.1 Å². The molecule has 9 nitrogen and oxygen atoms in total. The Bertz CT molecular complexity index is 828. The summed E-state index contributed by atoms with van der Waals surface area (Å²) in [6, 6.07) is 1.61. The second-order valence-electron chi connectivity index (χ2n) is 7.13. The van der Waals surface area contributed by atoms with E-state index in [1.54, 1.807) is 19.9 Å². The lowest BCUT2D eigenvalue weighted by molar-refractivity contribution is 0.0678. The van der Waals surface area contributed by atoms with Crippen LogP contribution in [0.25, 0.3) is 0 Å². The van der Waals surface area contributed by atoms with Crippen LogP contribution in [0.3, 0.4) is 0 Å². The third-order valence-corrected chi connectivity index (χ3v) is 5.31. The van der Waals surface area contributed by atoms with Crippen molar-refractivity contribution in [3.05, 3.63) is 29.2 Å². The van der Waals surface area contributed by atoms with Crippen molar-refractivity contribution in [2.75, 3.05) is 6.54 Å². The van der Waals surface area contributed by atoms with Crippen LogP contribution in [0.1, 0.15) is 58.4 Å². The van der Waals surface area contributed by atoms with Gasteiger partial charge in [-0.15, -0.1) is 5.10 Å². The van der Waals surface area contributed by atoms with Gasteiger partial charge in [0, 0.05) is 24.6 Å². The predicted octanol–water partition coefficient (Wildman–Crippen LogP) is 1.22. The van der Waals surface area contributed by atoms with E-state index in [2.05, 4.69) is 25.7 Å². The normalized spacial score (nSPS) is 25.2. The first-order chi connectivity index (χ1) is 12.5. The number of likely N-dealkylation sites (tertiary alicyclic amines) is 1. The molecule has 0 bridgehead atoms. The van der Waals surface area contributed by atoms with Gasteiger partial charge in [0.1, 0.15) is 5.82 Å². The minimum atomic E-state index is -0.289. The Labute approximate surface area is 150 Å². The second-order valence-corrected chi connectivity index (χ2v) is 7.13. The van der Waals surface area contributed by atoms with E-state index in [4.69, 9.17) is 4.52 Å². The minimum absolute atomic E-state index is 0.108. The Morgan fingerprint density at radius 1 is 1.31 bits per heavy atom. The number of carbonyl (C=O) groups excluding carboxylic acids is 2. The summed E-state index contributed by atoms with van der Waals surface area (Å²) < 4.78 is 5.05. The molecule has 1 aliphatic heterocycles. The standard InChI is InChI=1S/C17H22N6O3/c1-9-7-14(26-22-9)16(24)19-12-8-23(13-6-4-3-5-11(12)13)17(25)15-18-10(2)20-21-15/h7,11-13H,3-6,8H2,1-2H3,(H,19,24)(H,18,20,21). The molecule has 26 heavy (non-hydrogen) atoms. The molecule has 3 heterocycles. The maximum Gasteiger partial charge on any atom is 0.293 e. The topological polar surface area (TPSA) is 117 Å². The van der Waals surface area contributed by atoms with E-state index in [1.807, 2.05) is 4.90 Å². The van der Waals surface area contributed by atoms with Crippen LogP contribution in [-0.2, 0) is 0 Å². The van der Waals surface area contributed by atoms with Crippen LogP contribution >= 0.6 is 0 Å². The summed E-state index contributed by atoms with van der Waals surface area (Å²) in [5.74, 6) is 0.759. The van der Waals surface area contributed by atoms with E-state index >= 15 is 0 Å². The molecule has 0 aromatic carbocycles. The van der Waals surface area contributed by atoms with Crippen molar-refractivity contribution >= 4 is 11.8 Å². The summed E-state index contributed by atoms with van der Waals surface area (Å²) in [5, 5.41) is 13.5. The van der Waals surface area contributed by atoms with E-state index < -0.39 is 0 Å². The van der Waals surface area contributed by atoms with Gasteiger partial charge >= 0.3 is 0 Å². The van der Waals surface area contributed by atoms with E-state index in [-0.39, 0.29) is 41.4 Å². The number of H-pyrrole nitrogens is 1. The number of fused-ring (bicyclic) bond motifs is 1. The number of aromatic nitrogens is 4. The molecule has 2 fully saturated rings. The first-order valence-electron chi connectivity index (χ1n) is 8.97. The molecule has 0 spiro atoms. The molecule has 138 valence electrons. The lowest BCUT2D eigenvalue weighted by atomic mass is 9.83. The SMILES string of the molecule is Cc1cc(C(=O)NC2CN(C(=O)c3n[nH]c(C)n3)C3CCCCC23)on1. The number of amides is 2. The highest BCUT2D eigenvalue weighted by molar-refractivity contribution is 5.92. The number of rotatable bonds is 3. The summed E-state index contributed by atoms with van der Waals surface area (Å²) in [6.45, 7) is 3.99. The van der Waals surface area contributed by atoms with Gasteiger partial charge in [0.15, 0.2) is 0 Å². The van der Waals surface area contributed by atoms with Crippen LogP contribution in [0, 0.1) is 19.8 Å². The fourth-order valence-corrected chi connectivity index (χ4v) is 4.14. The average molecular weight is 358 g/mol. The fraction of sp³-hybridized carbons (Fsp3) is 0.588. The van der Waals surface area contributed by atoms with Crippen molar-refractivity contribution in [3.8, 4) is 0 Å². The average Bonchev–Trinajstić information content (AvgIpc) is 3.34. The number of aromatic amines is 1. The second kappa shape index (κ2) is 6.54. The summed E-state index contributed by atoms with van der Waals surface area (Å²) in [7, 11) is 0. The number of hydrogen-bond donors (Lipinski definition) is 2. The quantitative estimate of drug-likeness (QED) is 0.852. The summed E-state index contributed by atoms with van der Waals surface area (Å²) in [6.07, 6.45) is 4.12. The largest absolute Gasteiger partial charge is 0.351 e. The predicted molar refractivity (Wildman–Crippen MR) is 90.4 cm³/mol. The highest BCUT2D eigenvalue weighted by atomic mass is 16.5. The van der Waals surface area contributed by atoms with Crippen LogP contribution in [0.5, 0.6) is 0 Å². The van der Waals surface area contributed by atoms with Crippen LogP contribution in [0.4, 0.5) is 0 Å². The molecule has 2 aliphatic rings. The van der Waals surface area contributed by atoms with E-state index in [0.29, 0.717) is 18.1 Å². The van der Waals surface area contributed by atoms with E-state index in [0.717, 1.165) is 25.7 Å². The van der Waals surface area contributed by atoms with Crippen LogP contribution in [0.15, 0.2) is 10.6 Å². The van der Waals surface area contributed by atoms with Gasteiger partial charge in [0.2, 0.25) is 11.6 Å². The van der Waals surface area contributed by atoms with Gasteiger partial charge in [-0.2, -0.15) is 0 Å². The number of aryl methyl sites for hydroxylation is 2. The monoisotopic (exact) mass is 358 g/mol. The minimum Gasteiger partial charge on any atom is -0.351 e. The lowest BCUT2D eigenvalue weighted by Gasteiger charge is -2.31. The molecule has 1 saturated carbocycles. The van der Waals surface area contributed by atoms with Crippen molar-refractivity contribution in [2.45, 2.75) is 51.6 Å². The fourth-order valence-electron chi connectivity index (χ4n) is 4.14. The first kappa shape index (κ1) is 16.7. The van der Waals surface area contributed by atoms with Gasteiger partial charge in [-0.25, -0.2) is 4.98 Å². The molecule has 9 heteroatoms. The van der Waals surface area contributed by atoms with Crippen LogP contribution in [0.2, 0.25) is 0 Å². The summed E-state index contributed by atoms with van der Waals surface area (Å²) in [5.41, 5.74) is 0.661. The molecule has 2 aromatic heterocycles. The van der Waals surface area contributed by atoms with E-state index in [1.165, 1.54) is 0 Å². The van der Waals surface area contributed by atoms with Crippen molar-refractivity contribution in [3.63, 3.8) is 0 Å². The highest BCUT2D eigenvalue weighted by Crippen LogP contribution is 2.37. The van der Waals surface area contributed by atoms with E-state index in [9.17, 15) is 9.59 Å². The van der Waals surface area contributed by atoms with Gasteiger partial charge in [-0.05, 0) is 26.7 Å². The Kier molecular flexibility index (Phi) is 4.21. The zero-order valence-corrected chi connectivity index (χ0v) is 14.9. The molecule has 3 unspecified atom stereocenters. The summed E-state index contributed by atoms with van der Waals surface area (Å²) >= 11 is 0. The maximum absolute atomic E-state index is 12.9. The molecular weight excluding hydrogens is 336 g/mol. The van der Waals surface area contributed by atoms with Crippen molar-refractivity contribution in [2.24, 2.45) is 5.92 Å². The molecule has 2 aromatic rings. The lowest BCUT2D eigenvalue weighted by Crippen LogP contribution is -2.41. The van der Waals surface area contributed by atoms with Gasteiger partial charge < -0.3 is 14.7 Å². The smallest absolute Gasteiger partial charge is 0.293 e. The number of nitrogens with zero attached hydrogens (tertiary/aromatic N) is 4. The summed E-state index contributed by atoms with van der Waals surface area (Å²) in [4.78, 5) is 31.3. The molecule has 3 atom stereocenters. The molecule has 0 radical (unpaired) electrons. The number of hydrogen-bond acceptors (Lipinski definition) is 6. The van der Waals surface area contributed by atoms with Gasteiger partial charge in [-0.1, -0.05) is 18.0 Å². The van der Waals surface area contributed by atoms with Crippen molar-refractivity contribution in [1.29, 1.82) is 0 Å². The molecule has 4 rings (SSSR count). The molecule has 2 N–H and O–H groups in total. The molecular formula is C17H22N6O3. The molecule has 2 amide bonds. The zero-order chi connectivity index (χ0) is 18.3. The molecule has 1 aliphatic carbocycles. The Balaban J connectivity index is 1.52. The Morgan fingerprint density at radius 2 is 2.12 bits per heavy atom. The Hall–Kier alpha value is -2.71. The first-order valence-corrected chi connectivity index (χ1v) is 8.97. The number of nitrogens with one attached hydrogen (secondary N) is 2. The highest BCUT2D eigenvalue weighted by Gasteiger charge is 2.46. The number of carbonyl (C=O) groups is 2. The van der Waals surface area contributed by atoms with Crippen LogP contribution in [-0.4, -0.2) is 55.7 Å². The third kappa shape index (κ3) is 2.97. The Morgan fingerprint density at radius 3 is 2.81 bits per heavy atom. The van der Waals surface area contributed by atoms with Crippen molar-refractivity contribution in [1.82, 2.24) is 30.6 Å². The van der Waals surface area contributed by atoms with Crippen LogP contribution < -0.4 is 5.32 Å². The zero-order valence-electron chi connectivity index (χ0n) is 14.9. The maximum atomic E-state index is 12.9. The molecule has 1 saturated heterocycles. The van der Waals surface area contributed by atoms with Gasteiger partial charge in [0.25, 0.3) is 11.8 Å². The van der Waals surface area contributed by atoms with Gasteiger partial charge in [0.05, 0.1) is 11.7 Å². The van der Waals surface area contributed by atoms with Gasteiger partial charge in [-0.3, -0.25) is 14.7 Å². The third-order valence-electron chi connectivity index (χ3n) is 5.31.